The summed E-state index contributed by atoms with van der Waals surface area (Å²) in [5, 5.41) is 6.75. The third-order valence-corrected chi connectivity index (χ3v) is 7.51. The van der Waals surface area contributed by atoms with Crippen LogP contribution in [-0.2, 0) is 22.4 Å². The first-order valence-electron chi connectivity index (χ1n) is 12.3. The third kappa shape index (κ3) is 7.57. The SMILES string of the molecule is Cc1ccc(CC2(N(C)C)CCC(NC(=O)CCC(=O)NCCc3ccccc3Cl)CC2)cc1. The molecule has 0 radical (unpaired) electrons. The van der Waals surface area contributed by atoms with Gasteiger partial charge < -0.3 is 15.5 Å². The number of hydrogen-bond acceptors (Lipinski definition) is 3. The summed E-state index contributed by atoms with van der Waals surface area (Å²) in [4.78, 5) is 27.0. The van der Waals surface area contributed by atoms with Gasteiger partial charge in [-0.2, -0.15) is 0 Å². The zero-order valence-electron chi connectivity index (χ0n) is 20.7. The maximum atomic E-state index is 12.5. The molecule has 2 amide bonds. The van der Waals surface area contributed by atoms with E-state index in [0.29, 0.717) is 18.0 Å². The normalized spacial score (nSPS) is 20.2. The van der Waals surface area contributed by atoms with Crippen molar-refractivity contribution in [3.05, 3.63) is 70.2 Å². The highest BCUT2D eigenvalue weighted by atomic mass is 35.5. The number of benzene rings is 2. The van der Waals surface area contributed by atoms with Crippen LogP contribution >= 0.6 is 11.6 Å². The van der Waals surface area contributed by atoms with Gasteiger partial charge in [-0.1, -0.05) is 59.6 Å². The molecule has 1 aliphatic carbocycles. The van der Waals surface area contributed by atoms with Crippen molar-refractivity contribution < 1.29 is 9.59 Å². The fourth-order valence-corrected chi connectivity index (χ4v) is 5.05. The zero-order valence-corrected chi connectivity index (χ0v) is 21.5. The minimum Gasteiger partial charge on any atom is -0.356 e. The lowest BCUT2D eigenvalue weighted by Crippen LogP contribution is -2.52. The highest BCUT2D eigenvalue weighted by Crippen LogP contribution is 2.35. The number of rotatable bonds is 10. The van der Waals surface area contributed by atoms with E-state index in [9.17, 15) is 9.59 Å². The Hall–Kier alpha value is -2.37. The Morgan fingerprint density at radius 1 is 1.00 bits per heavy atom. The second-order valence-corrected chi connectivity index (χ2v) is 10.2. The monoisotopic (exact) mass is 483 g/mol. The van der Waals surface area contributed by atoms with E-state index >= 15 is 0 Å². The highest BCUT2D eigenvalue weighted by Gasteiger charge is 2.37. The Bertz CT molecular complexity index is 950. The molecule has 5 nitrogen and oxygen atoms in total. The van der Waals surface area contributed by atoms with E-state index in [4.69, 9.17) is 11.6 Å². The lowest BCUT2D eigenvalue weighted by atomic mass is 9.74. The van der Waals surface area contributed by atoms with Crippen molar-refractivity contribution in [1.29, 1.82) is 0 Å². The molecule has 3 rings (SSSR count). The van der Waals surface area contributed by atoms with Crippen LogP contribution < -0.4 is 10.6 Å². The van der Waals surface area contributed by atoms with Crippen molar-refractivity contribution in [1.82, 2.24) is 15.5 Å². The predicted molar refractivity (Wildman–Crippen MR) is 139 cm³/mol. The summed E-state index contributed by atoms with van der Waals surface area (Å²) >= 11 is 6.15. The number of halogens is 1. The van der Waals surface area contributed by atoms with Crippen molar-refractivity contribution in [2.24, 2.45) is 0 Å². The summed E-state index contributed by atoms with van der Waals surface area (Å²) < 4.78 is 0. The molecule has 2 N–H and O–H groups in total. The van der Waals surface area contributed by atoms with E-state index in [1.807, 2.05) is 24.3 Å². The molecule has 0 atom stereocenters. The van der Waals surface area contributed by atoms with Crippen LogP contribution in [0.25, 0.3) is 0 Å². The Morgan fingerprint density at radius 2 is 1.65 bits per heavy atom. The van der Waals surface area contributed by atoms with E-state index in [1.165, 1.54) is 11.1 Å². The largest absolute Gasteiger partial charge is 0.356 e. The summed E-state index contributed by atoms with van der Waals surface area (Å²) in [6.45, 7) is 2.63. The molecular formula is C28H38ClN3O2. The number of carbonyl (C=O) groups excluding carboxylic acids is 2. The third-order valence-electron chi connectivity index (χ3n) is 7.14. The molecule has 0 unspecified atom stereocenters. The van der Waals surface area contributed by atoms with Crippen LogP contribution in [0, 0.1) is 6.92 Å². The fraction of sp³-hybridized carbons (Fsp3) is 0.500. The van der Waals surface area contributed by atoms with Crippen molar-refractivity contribution >= 4 is 23.4 Å². The number of hydrogen-bond donors (Lipinski definition) is 2. The minimum atomic E-state index is -0.101. The molecule has 2 aromatic rings. The van der Waals surface area contributed by atoms with Gasteiger partial charge >= 0.3 is 0 Å². The van der Waals surface area contributed by atoms with Crippen LogP contribution in [0.15, 0.2) is 48.5 Å². The second kappa shape index (κ2) is 12.4. The van der Waals surface area contributed by atoms with Gasteiger partial charge in [0.2, 0.25) is 11.8 Å². The van der Waals surface area contributed by atoms with Gasteiger partial charge in [-0.15, -0.1) is 0 Å². The minimum absolute atomic E-state index is 0.0397. The van der Waals surface area contributed by atoms with E-state index in [1.54, 1.807) is 0 Å². The smallest absolute Gasteiger partial charge is 0.220 e. The maximum Gasteiger partial charge on any atom is 0.220 e. The lowest BCUT2D eigenvalue weighted by Gasteiger charge is -2.45. The first-order valence-corrected chi connectivity index (χ1v) is 12.7. The van der Waals surface area contributed by atoms with Crippen molar-refractivity contribution in [2.75, 3.05) is 20.6 Å². The van der Waals surface area contributed by atoms with Crippen molar-refractivity contribution in [2.45, 2.75) is 69.9 Å². The second-order valence-electron chi connectivity index (χ2n) is 9.81. The molecule has 0 bridgehead atoms. The molecule has 184 valence electrons. The Morgan fingerprint density at radius 3 is 2.29 bits per heavy atom. The van der Waals surface area contributed by atoms with Crippen LogP contribution in [0.3, 0.4) is 0 Å². The Balaban J connectivity index is 1.38. The quantitative estimate of drug-likeness (QED) is 0.515. The summed E-state index contributed by atoms with van der Waals surface area (Å²) in [6.07, 6.45) is 6.13. The molecule has 0 aromatic heterocycles. The van der Waals surface area contributed by atoms with Gasteiger partial charge in [0.1, 0.15) is 0 Å². The summed E-state index contributed by atoms with van der Waals surface area (Å²) in [7, 11) is 4.33. The molecule has 0 aliphatic heterocycles. The standard InChI is InChI=1S/C28H38ClN3O2/c1-21-8-10-22(11-9-21)20-28(32(2)3)17-14-24(15-18-28)31-27(34)13-12-26(33)30-19-16-23-6-4-5-7-25(23)29/h4-11,24H,12-20H2,1-3H3,(H,30,33)(H,31,34). The van der Waals surface area contributed by atoms with Gasteiger partial charge in [0.25, 0.3) is 0 Å². The van der Waals surface area contributed by atoms with Crippen LogP contribution in [0.1, 0.15) is 55.2 Å². The maximum absolute atomic E-state index is 12.5. The van der Waals surface area contributed by atoms with E-state index in [-0.39, 0.29) is 36.2 Å². The number of carbonyl (C=O) groups is 2. The number of nitrogens with one attached hydrogen (secondary N) is 2. The van der Waals surface area contributed by atoms with Gasteiger partial charge in [-0.05, 0) is 76.7 Å². The topological polar surface area (TPSA) is 61.4 Å². The van der Waals surface area contributed by atoms with Gasteiger partial charge in [0, 0.05) is 36.0 Å². The van der Waals surface area contributed by atoms with Crippen LogP contribution in [0.5, 0.6) is 0 Å². The highest BCUT2D eigenvalue weighted by molar-refractivity contribution is 6.31. The molecule has 6 heteroatoms. The number of likely N-dealkylation sites (N-methyl/N-ethyl adjacent to an activating group) is 1. The number of amides is 2. The molecule has 0 saturated heterocycles. The fourth-order valence-electron chi connectivity index (χ4n) is 4.82. The number of nitrogens with zero attached hydrogens (tertiary/aromatic N) is 1. The molecule has 0 heterocycles. The van der Waals surface area contributed by atoms with Gasteiger partial charge in [-0.25, -0.2) is 0 Å². The molecule has 34 heavy (non-hydrogen) atoms. The lowest BCUT2D eigenvalue weighted by molar-refractivity contribution is -0.127. The predicted octanol–water partition coefficient (Wildman–Crippen LogP) is 4.69. The molecule has 2 aromatic carbocycles. The average Bonchev–Trinajstić information content (AvgIpc) is 2.82. The Labute approximate surface area is 209 Å². The van der Waals surface area contributed by atoms with Crippen LogP contribution in [0.4, 0.5) is 0 Å². The zero-order chi connectivity index (χ0) is 24.6. The molecular weight excluding hydrogens is 446 g/mol. The van der Waals surface area contributed by atoms with E-state index in [2.05, 4.69) is 60.8 Å². The first kappa shape index (κ1) is 26.2. The average molecular weight is 484 g/mol. The summed E-state index contributed by atoms with van der Waals surface area (Å²) in [5.74, 6) is -0.141. The molecule has 0 spiro atoms. The summed E-state index contributed by atoms with van der Waals surface area (Å²) in [6, 6.07) is 16.6. The summed E-state index contributed by atoms with van der Waals surface area (Å²) in [5.41, 5.74) is 3.78. The van der Waals surface area contributed by atoms with Crippen molar-refractivity contribution in [3.63, 3.8) is 0 Å². The number of aryl methyl sites for hydroxylation is 1. The Kier molecular flexibility index (Phi) is 9.54. The van der Waals surface area contributed by atoms with Crippen LogP contribution in [-0.4, -0.2) is 48.9 Å². The van der Waals surface area contributed by atoms with Gasteiger partial charge in [0.15, 0.2) is 0 Å². The van der Waals surface area contributed by atoms with E-state index in [0.717, 1.165) is 37.7 Å². The van der Waals surface area contributed by atoms with E-state index < -0.39 is 0 Å². The molecule has 1 aliphatic rings. The molecule has 1 fully saturated rings. The first-order chi connectivity index (χ1) is 16.3. The van der Waals surface area contributed by atoms with Gasteiger partial charge in [-0.3, -0.25) is 9.59 Å². The molecule has 1 saturated carbocycles. The van der Waals surface area contributed by atoms with Gasteiger partial charge in [0.05, 0.1) is 0 Å². The van der Waals surface area contributed by atoms with Crippen molar-refractivity contribution in [3.8, 4) is 0 Å². The van der Waals surface area contributed by atoms with Crippen LogP contribution in [0.2, 0.25) is 5.02 Å².